The average molecular weight is 336 g/mol. The Labute approximate surface area is 127 Å². The largest absolute Gasteiger partial charge is 0.494 e. The number of anilines is 1. The van der Waals surface area contributed by atoms with E-state index in [1.807, 2.05) is 0 Å². The Bertz CT molecular complexity index is 650. The van der Waals surface area contributed by atoms with Gasteiger partial charge in [-0.1, -0.05) is 0 Å². The summed E-state index contributed by atoms with van der Waals surface area (Å²) in [6.45, 7) is 2.33. The van der Waals surface area contributed by atoms with Gasteiger partial charge < -0.3 is 9.64 Å². The molecule has 1 unspecified atom stereocenters. The summed E-state index contributed by atoms with van der Waals surface area (Å²) in [5, 5.41) is 0. The molecular formula is C13H15ClFNO4S. The molecule has 0 aromatic heterocycles. The van der Waals surface area contributed by atoms with Crippen LogP contribution < -0.4 is 9.64 Å². The third kappa shape index (κ3) is 4.07. The van der Waals surface area contributed by atoms with Crippen molar-refractivity contribution < 1.29 is 22.3 Å². The van der Waals surface area contributed by atoms with Crippen molar-refractivity contribution in [3.8, 4) is 5.75 Å². The van der Waals surface area contributed by atoms with Crippen molar-refractivity contribution in [1.82, 2.24) is 0 Å². The summed E-state index contributed by atoms with van der Waals surface area (Å²) < 4.78 is 41.4. The van der Waals surface area contributed by atoms with Crippen molar-refractivity contribution in [2.24, 2.45) is 5.92 Å². The average Bonchev–Trinajstić information content (AvgIpc) is 2.68. The molecule has 1 heterocycles. The number of hydrogen-bond acceptors (Lipinski definition) is 4. The number of carbonyl (C=O) groups is 1. The van der Waals surface area contributed by atoms with Gasteiger partial charge in [0.25, 0.3) is 0 Å². The molecule has 0 spiro atoms. The van der Waals surface area contributed by atoms with Crippen LogP contribution in [0.3, 0.4) is 0 Å². The summed E-state index contributed by atoms with van der Waals surface area (Å²) in [6.07, 6.45) is 0.0403. The van der Waals surface area contributed by atoms with Gasteiger partial charge in [0.15, 0.2) is 5.82 Å². The number of benzene rings is 1. The van der Waals surface area contributed by atoms with Gasteiger partial charge in [-0.2, -0.15) is 0 Å². The normalized spacial score (nSPS) is 19.1. The monoisotopic (exact) mass is 335 g/mol. The van der Waals surface area contributed by atoms with E-state index in [2.05, 4.69) is 0 Å². The molecule has 5 nitrogen and oxygen atoms in total. The highest BCUT2D eigenvalue weighted by molar-refractivity contribution is 8.13. The molecule has 0 bridgehead atoms. The molecule has 1 aliphatic heterocycles. The quantitative estimate of drug-likeness (QED) is 0.773. The summed E-state index contributed by atoms with van der Waals surface area (Å²) in [6, 6.07) is 4.23. The molecule has 1 saturated heterocycles. The van der Waals surface area contributed by atoms with E-state index in [9.17, 15) is 17.6 Å². The van der Waals surface area contributed by atoms with Crippen molar-refractivity contribution in [3.05, 3.63) is 24.0 Å². The minimum Gasteiger partial charge on any atom is -0.494 e. The highest BCUT2D eigenvalue weighted by Gasteiger charge is 2.34. The molecule has 1 fully saturated rings. The van der Waals surface area contributed by atoms with E-state index < -0.39 is 20.8 Å². The van der Waals surface area contributed by atoms with Gasteiger partial charge in [-0.05, 0) is 19.1 Å². The van der Waals surface area contributed by atoms with Crippen molar-refractivity contribution in [3.63, 3.8) is 0 Å². The second-order valence-electron chi connectivity index (χ2n) is 4.83. The van der Waals surface area contributed by atoms with Crippen LogP contribution in [0.1, 0.15) is 13.3 Å². The Balaban J connectivity index is 2.17. The van der Waals surface area contributed by atoms with Crippen LogP contribution in [0.2, 0.25) is 0 Å². The molecule has 1 atom stereocenters. The summed E-state index contributed by atoms with van der Waals surface area (Å²) in [5.74, 6) is -1.24. The first-order valence-corrected chi connectivity index (χ1v) is 8.93. The van der Waals surface area contributed by atoms with Crippen LogP contribution in [0.15, 0.2) is 18.2 Å². The van der Waals surface area contributed by atoms with Crippen LogP contribution in [-0.4, -0.2) is 33.2 Å². The highest BCUT2D eigenvalue weighted by Crippen LogP contribution is 2.30. The van der Waals surface area contributed by atoms with Gasteiger partial charge in [0.2, 0.25) is 15.0 Å². The maximum absolute atomic E-state index is 14.0. The number of amides is 1. The van der Waals surface area contributed by atoms with E-state index in [-0.39, 0.29) is 30.3 Å². The molecule has 1 aliphatic rings. The molecule has 21 heavy (non-hydrogen) atoms. The fourth-order valence-corrected chi connectivity index (χ4v) is 3.69. The zero-order chi connectivity index (χ0) is 15.6. The molecule has 8 heteroatoms. The Kier molecular flexibility index (Phi) is 4.73. The molecule has 116 valence electrons. The lowest BCUT2D eigenvalue weighted by Crippen LogP contribution is -2.26. The molecule has 0 aliphatic carbocycles. The molecule has 1 aromatic carbocycles. The number of rotatable bonds is 5. The van der Waals surface area contributed by atoms with E-state index in [0.29, 0.717) is 12.4 Å². The highest BCUT2D eigenvalue weighted by atomic mass is 35.7. The number of carbonyl (C=O) groups excluding carboxylic acids is 1. The van der Waals surface area contributed by atoms with Crippen LogP contribution >= 0.6 is 10.7 Å². The first-order chi connectivity index (χ1) is 9.80. The van der Waals surface area contributed by atoms with Crippen molar-refractivity contribution in [1.29, 1.82) is 0 Å². The minimum absolute atomic E-state index is 0.0403. The Morgan fingerprint density at radius 1 is 1.48 bits per heavy atom. The van der Waals surface area contributed by atoms with Gasteiger partial charge in [0, 0.05) is 35.6 Å². The minimum atomic E-state index is -3.68. The summed E-state index contributed by atoms with van der Waals surface area (Å²) in [7, 11) is 1.51. The molecule has 0 saturated carbocycles. The Hall–Kier alpha value is -1.34. The Morgan fingerprint density at radius 3 is 2.76 bits per heavy atom. The first kappa shape index (κ1) is 16.0. The van der Waals surface area contributed by atoms with Crippen molar-refractivity contribution in [2.45, 2.75) is 13.3 Å². The van der Waals surface area contributed by atoms with E-state index >= 15 is 0 Å². The third-order valence-electron chi connectivity index (χ3n) is 3.16. The smallest absolute Gasteiger partial charge is 0.232 e. The lowest BCUT2D eigenvalue weighted by molar-refractivity contribution is -0.117. The second kappa shape index (κ2) is 6.19. The standard InChI is InChI=1S/C13H15ClFNO4S/c1-2-20-10-3-4-12(11(15)6-10)16-7-9(5-13(16)17)8-21(14,18)19/h3-4,6,9H,2,5,7-8H2,1H3. The molecule has 0 N–H and O–H groups in total. The zero-order valence-corrected chi connectivity index (χ0v) is 13.0. The number of hydrogen-bond donors (Lipinski definition) is 0. The second-order valence-corrected chi connectivity index (χ2v) is 7.65. The zero-order valence-electron chi connectivity index (χ0n) is 11.4. The van der Waals surface area contributed by atoms with E-state index in [1.54, 1.807) is 13.0 Å². The number of nitrogens with zero attached hydrogens (tertiary/aromatic N) is 1. The predicted octanol–water partition coefficient (Wildman–Crippen LogP) is 2.15. The van der Waals surface area contributed by atoms with Crippen LogP contribution in [0, 0.1) is 11.7 Å². The van der Waals surface area contributed by atoms with E-state index in [1.165, 1.54) is 17.0 Å². The molecule has 1 aromatic rings. The Morgan fingerprint density at radius 2 is 2.19 bits per heavy atom. The number of ether oxygens (including phenoxy) is 1. The van der Waals surface area contributed by atoms with Gasteiger partial charge in [0.1, 0.15) is 5.75 Å². The molecule has 2 rings (SSSR count). The van der Waals surface area contributed by atoms with Crippen LogP contribution in [-0.2, 0) is 13.8 Å². The summed E-state index contributed by atoms with van der Waals surface area (Å²) >= 11 is 0. The topological polar surface area (TPSA) is 63.7 Å². The summed E-state index contributed by atoms with van der Waals surface area (Å²) in [4.78, 5) is 13.2. The van der Waals surface area contributed by atoms with Gasteiger partial charge in [0.05, 0.1) is 18.0 Å². The van der Waals surface area contributed by atoms with Crippen LogP contribution in [0.5, 0.6) is 5.75 Å². The lowest BCUT2D eigenvalue weighted by atomic mass is 10.1. The van der Waals surface area contributed by atoms with Gasteiger partial charge in [-0.25, -0.2) is 12.8 Å². The van der Waals surface area contributed by atoms with E-state index in [0.717, 1.165) is 0 Å². The SMILES string of the molecule is CCOc1ccc(N2CC(CS(=O)(=O)Cl)CC2=O)c(F)c1. The van der Waals surface area contributed by atoms with Crippen molar-refractivity contribution in [2.75, 3.05) is 23.8 Å². The lowest BCUT2D eigenvalue weighted by Gasteiger charge is -2.18. The predicted molar refractivity (Wildman–Crippen MR) is 77.7 cm³/mol. The number of halogens is 2. The van der Waals surface area contributed by atoms with Crippen molar-refractivity contribution >= 4 is 31.3 Å². The molecular weight excluding hydrogens is 321 g/mol. The van der Waals surface area contributed by atoms with E-state index in [4.69, 9.17) is 15.4 Å². The molecule has 1 amide bonds. The maximum Gasteiger partial charge on any atom is 0.232 e. The first-order valence-electron chi connectivity index (χ1n) is 6.45. The van der Waals surface area contributed by atoms with Crippen LogP contribution in [0.4, 0.5) is 10.1 Å². The fourth-order valence-electron chi connectivity index (χ4n) is 2.37. The summed E-state index contributed by atoms with van der Waals surface area (Å²) in [5.41, 5.74) is 0.123. The van der Waals surface area contributed by atoms with Crippen LogP contribution in [0.25, 0.3) is 0 Å². The molecule has 0 radical (unpaired) electrons. The van der Waals surface area contributed by atoms with Gasteiger partial charge >= 0.3 is 0 Å². The van der Waals surface area contributed by atoms with Gasteiger partial charge in [-0.3, -0.25) is 4.79 Å². The fraction of sp³-hybridized carbons (Fsp3) is 0.462. The van der Waals surface area contributed by atoms with Gasteiger partial charge in [-0.15, -0.1) is 0 Å². The third-order valence-corrected chi connectivity index (χ3v) is 4.41. The maximum atomic E-state index is 14.0.